The zero-order valence-corrected chi connectivity index (χ0v) is 11.1. The van der Waals surface area contributed by atoms with E-state index in [1.165, 1.54) is 11.3 Å². The third-order valence-electron chi connectivity index (χ3n) is 1.44. The standard InChI is InChI=1S/C11H11BrO2S/c1-11(2,3)5-4-7-6-8(12)9(15-7)10(13)14/h6H,1-3H3,(H,13,14). The van der Waals surface area contributed by atoms with Crippen LogP contribution in [0.3, 0.4) is 0 Å². The Hall–Kier alpha value is -0.790. The lowest BCUT2D eigenvalue weighted by molar-refractivity contribution is 0.0701. The molecular weight excluding hydrogens is 276 g/mol. The Morgan fingerprint density at radius 2 is 2.13 bits per heavy atom. The van der Waals surface area contributed by atoms with Crippen LogP contribution < -0.4 is 0 Å². The average Bonchev–Trinajstić information content (AvgIpc) is 2.42. The van der Waals surface area contributed by atoms with Crippen molar-refractivity contribution in [3.63, 3.8) is 0 Å². The van der Waals surface area contributed by atoms with Crippen LogP contribution in [0.15, 0.2) is 10.5 Å². The first-order valence-corrected chi connectivity index (χ1v) is 5.96. The monoisotopic (exact) mass is 286 g/mol. The van der Waals surface area contributed by atoms with Gasteiger partial charge >= 0.3 is 5.97 Å². The second-order valence-electron chi connectivity index (χ2n) is 4.09. The summed E-state index contributed by atoms with van der Waals surface area (Å²) in [6, 6.07) is 1.74. The topological polar surface area (TPSA) is 37.3 Å². The van der Waals surface area contributed by atoms with E-state index in [1.54, 1.807) is 6.07 Å². The largest absolute Gasteiger partial charge is 0.477 e. The van der Waals surface area contributed by atoms with E-state index in [2.05, 4.69) is 27.8 Å². The van der Waals surface area contributed by atoms with Crippen molar-refractivity contribution in [1.82, 2.24) is 0 Å². The van der Waals surface area contributed by atoms with Gasteiger partial charge in [0.1, 0.15) is 4.88 Å². The molecule has 0 aromatic carbocycles. The Morgan fingerprint density at radius 3 is 2.53 bits per heavy atom. The molecule has 1 N–H and O–H groups in total. The van der Waals surface area contributed by atoms with Gasteiger partial charge in [-0.05, 0) is 42.8 Å². The van der Waals surface area contributed by atoms with E-state index in [0.717, 1.165) is 4.88 Å². The van der Waals surface area contributed by atoms with Crippen LogP contribution in [-0.4, -0.2) is 11.1 Å². The summed E-state index contributed by atoms with van der Waals surface area (Å²) < 4.78 is 0.596. The van der Waals surface area contributed by atoms with Crippen LogP contribution in [0.5, 0.6) is 0 Å². The van der Waals surface area contributed by atoms with Crippen molar-refractivity contribution in [2.45, 2.75) is 20.8 Å². The van der Waals surface area contributed by atoms with Crippen LogP contribution in [0.2, 0.25) is 0 Å². The van der Waals surface area contributed by atoms with Crippen LogP contribution in [0.4, 0.5) is 0 Å². The minimum Gasteiger partial charge on any atom is -0.477 e. The normalized spacial score (nSPS) is 10.7. The maximum atomic E-state index is 10.8. The maximum absolute atomic E-state index is 10.8. The lowest BCUT2D eigenvalue weighted by Crippen LogP contribution is -1.98. The van der Waals surface area contributed by atoms with Gasteiger partial charge in [0.15, 0.2) is 0 Å². The smallest absolute Gasteiger partial charge is 0.347 e. The van der Waals surface area contributed by atoms with Gasteiger partial charge in [-0.3, -0.25) is 0 Å². The van der Waals surface area contributed by atoms with Crippen molar-refractivity contribution < 1.29 is 9.90 Å². The second-order valence-corrected chi connectivity index (χ2v) is 6.00. The third-order valence-corrected chi connectivity index (χ3v) is 3.37. The zero-order valence-electron chi connectivity index (χ0n) is 8.72. The summed E-state index contributed by atoms with van der Waals surface area (Å²) in [5.74, 6) is 5.12. The highest BCUT2D eigenvalue weighted by molar-refractivity contribution is 9.10. The number of hydrogen-bond donors (Lipinski definition) is 1. The average molecular weight is 287 g/mol. The van der Waals surface area contributed by atoms with Crippen LogP contribution in [0, 0.1) is 17.3 Å². The SMILES string of the molecule is CC(C)(C)C#Cc1cc(Br)c(C(=O)O)s1. The molecule has 0 unspecified atom stereocenters. The first kappa shape index (κ1) is 12.3. The Labute approximate surface area is 101 Å². The van der Waals surface area contributed by atoms with Gasteiger partial charge in [0, 0.05) is 9.89 Å². The number of thiophene rings is 1. The maximum Gasteiger partial charge on any atom is 0.347 e. The molecule has 0 bridgehead atoms. The van der Waals surface area contributed by atoms with Gasteiger partial charge in [0.2, 0.25) is 0 Å². The molecule has 1 aromatic heterocycles. The summed E-state index contributed by atoms with van der Waals surface area (Å²) in [5.41, 5.74) is -0.0696. The van der Waals surface area contributed by atoms with Gasteiger partial charge < -0.3 is 5.11 Å². The molecule has 0 spiro atoms. The van der Waals surface area contributed by atoms with Gasteiger partial charge in [-0.15, -0.1) is 11.3 Å². The van der Waals surface area contributed by atoms with Crippen molar-refractivity contribution in [3.05, 3.63) is 20.3 Å². The molecule has 80 valence electrons. The van der Waals surface area contributed by atoms with Gasteiger partial charge in [0.05, 0.1) is 4.88 Å². The summed E-state index contributed by atoms with van der Waals surface area (Å²) in [6.45, 7) is 6.04. The highest BCUT2D eigenvalue weighted by Crippen LogP contribution is 2.27. The lowest BCUT2D eigenvalue weighted by Gasteiger charge is -2.06. The molecule has 15 heavy (non-hydrogen) atoms. The Balaban J connectivity index is 3.02. The quantitative estimate of drug-likeness (QED) is 0.801. The Morgan fingerprint density at radius 1 is 1.53 bits per heavy atom. The number of carbonyl (C=O) groups is 1. The van der Waals surface area contributed by atoms with E-state index in [1.807, 2.05) is 20.8 Å². The van der Waals surface area contributed by atoms with Crippen LogP contribution in [-0.2, 0) is 0 Å². The first-order valence-electron chi connectivity index (χ1n) is 4.35. The zero-order chi connectivity index (χ0) is 11.6. The second kappa shape index (κ2) is 4.38. The Bertz CT molecular complexity index is 443. The van der Waals surface area contributed by atoms with E-state index in [-0.39, 0.29) is 5.41 Å². The molecule has 0 aliphatic carbocycles. The van der Waals surface area contributed by atoms with Crippen molar-refractivity contribution in [3.8, 4) is 11.8 Å². The van der Waals surface area contributed by atoms with Crippen LogP contribution in [0.1, 0.15) is 35.3 Å². The summed E-state index contributed by atoms with van der Waals surface area (Å²) in [5, 5.41) is 8.84. The van der Waals surface area contributed by atoms with Gasteiger partial charge in [-0.25, -0.2) is 4.79 Å². The summed E-state index contributed by atoms with van der Waals surface area (Å²) in [4.78, 5) is 11.8. The third kappa shape index (κ3) is 3.69. The first-order chi connectivity index (χ1) is 6.79. The minimum atomic E-state index is -0.921. The fourth-order valence-electron chi connectivity index (χ4n) is 0.825. The molecule has 1 aromatic rings. The number of hydrogen-bond acceptors (Lipinski definition) is 2. The molecule has 0 atom stereocenters. The molecule has 1 heterocycles. The van der Waals surface area contributed by atoms with Crippen LogP contribution >= 0.6 is 27.3 Å². The minimum absolute atomic E-state index is 0.0696. The molecule has 0 saturated carbocycles. The predicted octanol–water partition coefficient (Wildman–Crippen LogP) is 3.61. The van der Waals surface area contributed by atoms with Crippen molar-refractivity contribution in [2.75, 3.05) is 0 Å². The number of carboxylic acids is 1. The highest BCUT2D eigenvalue weighted by Gasteiger charge is 2.12. The molecule has 2 nitrogen and oxygen atoms in total. The molecular formula is C11H11BrO2S. The van der Waals surface area contributed by atoms with Crippen molar-refractivity contribution in [2.24, 2.45) is 5.41 Å². The van der Waals surface area contributed by atoms with Crippen LogP contribution in [0.25, 0.3) is 0 Å². The summed E-state index contributed by atoms with van der Waals surface area (Å²) in [6.07, 6.45) is 0. The fraction of sp³-hybridized carbons (Fsp3) is 0.364. The molecule has 0 aliphatic rings. The molecule has 1 rings (SSSR count). The van der Waals surface area contributed by atoms with Gasteiger partial charge in [-0.1, -0.05) is 11.8 Å². The van der Waals surface area contributed by atoms with E-state index >= 15 is 0 Å². The fourth-order valence-corrected chi connectivity index (χ4v) is 2.36. The lowest BCUT2D eigenvalue weighted by atomic mass is 9.98. The number of rotatable bonds is 1. The molecule has 0 saturated heterocycles. The predicted molar refractivity (Wildman–Crippen MR) is 65.3 cm³/mol. The van der Waals surface area contributed by atoms with E-state index in [4.69, 9.17) is 5.11 Å². The van der Waals surface area contributed by atoms with Gasteiger partial charge in [0.25, 0.3) is 0 Å². The Kier molecular flexibility index (Phi) is 3.58. The molecule has 0 radical (unpaired) electrons. The van der Waals surface area contributed by atoms with E-state index in [9.17, 15) is 4.79 Å². The summed E-state index contributed by atoms with van der Waals surface area (Å²) >= 11 is 4.39. The molecule has 0 aliphatic heterocycles. The highest BCUT2D eigenvalue weighted by atomic mass is 79.9. The van der Waals surface area contributed by atoms with E-state index in [0.29, 0.717) is 9.35 Å². The van der Waals surface area contributed by atoms with E-state index < -0.39 is 5.97 Å². The van der Waals surface area contributed by atoms with Crippen molar-refractivity contribution >= 4 is 33.2 Å². The van der Waals surface area contributed by atoms with Crippen molar-refractivity contribution in [1.29, 1.82) is 0 Å². The molecule has 4 heteroatoms. The molecule has 0 fully saturated rings. The number of halogens is 1. The molecule has 0 amide bonds. The number of aromatic carboxylic acids is 1. The number of carboxylic acid groups (broad SMARTS) is 1. The van der Waals surface area contributed by atoms with Gasteiger partial charge in [-0.2, -0.15) is 0 Å². The summed E-state index contributed by atoms with van der Waals surface area (Å²) in [7, 11) is 0.